The number of imidazole rings is 4. The highest BCUT2D eigenvalue weighted by Crippen LogP contribution is 2.41. The second-order valence-corrected chi connectivity index (χ2v) is 21.5. The van der Waals surface area contributed by atoms with Gasteiger partial charge in [-0.3, -0.25) is 17.9 Å². The lowest BCUT2D eigenvalue weighted by Gasteiger charge is -2.10. The topological polar surface area (TPSA) is 59.2 Å². The molecule has 0 atom stereocenters. The average Bonchev–Trinajstić information content (AvgIpc) is 1.67. The molecule has 9 heteroatoms. The Bertz CT molecular complexity index is 5790. The van der Waals surface area contributed by atoms with E-state index in [1.165, 1.54) is 59.9 Å². The van der Waals surface area contributed by atoms with E-state index in [0.717, 1.165) is 89.6 Å². The molecule has 7 aromatic heterocycles. The van der Waals surface area contributed by atoms with Crippen LogP contribution in [0.15, 0.2) is 285 Å². The van der Waals surface area contributed by atoms with E-state index in [1.807, 2.05) is 13.8 Å². The fourth-order valence-corrected chi connectivity index (χ4v) is 13.5. The second-order valence-electron chi connectivity index (χ2n) is 21.5. The lowest BCUT2D eigenvalue weighted by atomic mass is 10.1. The molecule has 0 bridgehead atoms. The minimum atomic E-state index is 0.913. The standard InChI is InChI=1S/C43H27N5.C31H20N4.C2H6/c1-3-13-28(14-4-1)45-36-19-9-7-17-31(36)33-25-30(23-24-38(33)45)46-37-20-10-8-18-32(37)34-26-35-42(27-41(34)46)48-40-22-12-11-21-39(40)47(43(48)44-35)29-15-5-2-6-16-29;1-3-11-21(12-4-1)33-26-16-8-7-15-23(26)24-19-25-30(20-29(24)33)35-28-18-10-9-17-27(28)34(31(35)32-25)22-13-5-2-6-14-22;1-2/h1-27H;1-20H;1-2H3. The Hall–Kier alpha value is -11.4. The van der Waals surface area contributed by atoms with Crippen LogP contribution in [0.25, 0.3) is 150 Å². The predicted octanol–water partition coefficient (Wildman–Crippen LogP) is 19.2. The fourth-order valence-electron chi connectivity index (χ4n) is 13.5. The van der Waals surface area contributed by atoms with Crippen molar-refractivity contribution in [2.75, 3.05) is 0 Å². The number of benzene rings is 12. The first kappa shape index (κ1) is 48.3. The van der Waals surface area contributed by atoms with Gasteiger partial charge in [0, 0.05) is 60.8 Å². The quantitative estimate of drug-likeness (QED) is 0.172. The summed E-state index contributed by atoms with van der Waals surface area (Å²) in [4.78, 5) is 10.5. The molecular weight excluding hydrogens is 1040 g/mol. The smallest absolute Gasteiger partial charge is 0.220 e. The van der Waals surface area contributed by atoms with Gasteiger partial charge in [-0.25, -0.2) is 9.97 Å². The van der Waals surface area contributed by atoms with E-state index in [-0.39, 0.29) is 0 Å². The summed E-state index contributed by atoms with van der Waals surface area (Å²) in [5, 5.41) is 7.34. The first-order valence-corrected chi connectivity index (χ1v) is 29.2. The molecule has 0 N–H and O–H groups in total. The molecule has 402 valence electrons. The van der Waals surface area contributed by atoms with Gasteiger partial charge in [-0.2, -0.15) is 0 Å². The highest BCUT2D eigenvalue weighted by molar-refractivity contribution is 6.16. The Balaban J connectivity index is 0.000000136. The molecule has 19 aromatic rings. The minimum absolute atomic E-state index is 0.913. The van der Waals surface area contributed by atoms with Gasteiger partial charge in [0.15, 0.2) is 0 Å². The SMILES string of the molecule is CC.c1ccc(-n2c3ccccc3c3cc(-n4c5ccccc5c5cc6nc7n(-c8ccccc8)c8ccccc8n7c6cc54)ccc32)cc1.c1ccc(-n2c3ccccc3c3cc4nc5n(-c6ccccc6)c6ccccc6n5c4cc32)cc1. The molecule has 0 aliphatic heterocycles. The first-order valence-electron chi connectivity index (χ1n) is 29.2. The molecule has 0 aliphatic rings. The summed E-state index contributed by atoms with van der Waals surface area (Å²) in [7, 11) is 0. The lowest BCUT2D eigenvalue weighted by molar-refractivity contribution is 1.11. The minimum Gasteiger partial charge on any atom is -0.309 e. The van der Waals surface area contributed by atoms with E-state index in [9.17, 15) is 0 Å². The van der Waals surface area contributed by atoms with Crippen molar-refractivity contribution in [1.82, 2.24) is 41.6 Å². The van der Waals surface area contributed by atoms with Crippen molar-refractivity contribution in [3.63, 3.8) is 0 Å². The van der Waals surface area contributed by atoms with E-state index in [1.54, 1.807) is 0 Å². The van der Waals surface area contributed by atoms with Crippen molar-refractivity contribution in [3.05, 3.63) is 285 Å². The van der Waals surface area contributed by atoms with Crippen LogP contribution in [0.2, 0.25) is 0 Å². The highest BCUT2D eigenvalue weighted by atomic mass is 15.2. The molecule has 0 spiro atoms. The van der Waals surface area contributed by atoms with E-state index in [0.29, 0.717) is 0 Å². The summed E-state index contributed by atoms with van der Waals surface area (Å²) in [6, 6.07) is 102. The van der Waals surface area contributed by atoms with Crippen LogP contribution in [0.3, 0.4) is 0 Å². The maximum absolute atomic E-state index is 5.29. The van der Waals surface area contributed by atoms with E-state index >= 15 is 0 Å². The van der Waals surface area contributed by atoms with Crippen molar-refractivity contribution in [3.8, 4) is 28.4 Å². The molecule has 0 unspecified atom stereocenters. The summed E-state index contributed by atoms with van der Waals surface area (Å²) in [6.07, 6.45) is 0. The van der Waals surface area contributed by atoms with Gasteiger partial charge < -0.3 is 13.7 Å². The van der Waals surface area contributed by atoms with E-state index in [2.05, 4.69) is 317 Å². The number of hydrogen-bond acceptors (Lipinski definition) is 2. The first-order chi connectivity index (χ1) is 42.2. The Labute approximate surface area is 487 Å². The van der Waals surface area contributed by atoms with Crippen LogP contribution < -0.4 is 0 Å². The van der Waals surface area contributed by atoms with E-state index in [4.69, 9.17) is 9.97 Å². The maximum atomic E-state index is 5.29. The number of hydrogen-bond donors (Lipinski definition) is 0. The lowest BCUT2D eigenvalue weighted by Crippen LogP contribution is -1.95. The molecule has 0 fully saturated rings. The molecule has 12 aromatic carbocycles. The number of nitrogens with zero attached hydrogens (tertiary/aromatic N) is 9. The molecule has 0 saturated heterocycles. The summed E-state index contributed by atoms with van der Waals surface area (Å²) >= 11 is 0. The zero-order valence-electron chi connectivity index (χ0n) is 46.7. The summed E-state index contributed by atoms with van der Waals surface area (Å²) in [5.41, 5.74) is 21.5. The summed E-state index contributed by atoms with van der Waals surface area (Å²) in [5.74, 6) is 1.84. The van der Waals surface area contributed by atoms with Crippen LogP contribution in [0, 0.1) is 0 Å². The fraction of sp³-hybridized carbons (Fsp3) is 0.0263. The van der Waals surface area contributed by atoms with Crippen molar-refractivity contribution in [1.29, 1.82) is 0 Å². The molecule has 9 nitrogen and oxygen atoms in total. The van der Waals surface area contributed by atoms with Gasteiger partial charge in [0.25, 0.3) is 0 Å². The monoisotopic (exact) mass is 1090 g/mol. The van der Waals surface area contributed by atoms with Gasteiger partial charge in [0.2, 0.25) is 11.6 Å². The molecule has 0 saturated carbocycles. The highest BCUT2D eigenvalue weighted by Gasteiger charge is 2.23. The van der Waals surface area contributed by atoms with Gasteiger partial charge in [0.05, 0.1) is 77.2 Å². The van der Waals surface area contributed by atoms with Crippen molar-refractivity contribution in [2.24, 2.45) is 0 Å². The van der Waals surface area contributed by atoms with Crippen molar-refractivity contribution in [2.45, 2.75) is 13.8 Å². The van der Waals surface area contributed by atoms with E-state index < -0.39 is 0 Å². The van der Waals surface area contributed by atoms with Crippen LogP contribution in [0.1, 0.15) is 13.8 Å². The molecule has 0 amide bonds. The van der Waals surface area contributed by atoms with Gasteiger partial charge in [-0.1, -0.05) is 166 Å². The molecule has 19 rings (SSSR count). The third-order valence-electron chi connectivity index (χ3n) is 17.0. The average molecular weight is 1090 g/mol. The zero-order chi connectivity index (χ0) is 56.3. The molecular formula is C76H53N9. The van der Waals surface area contributed by atoms with Crippen LogP contribution in [0.4, 0.5) is 0 Å². The molecule has 0 radical (unpaired) electrons. The van der Waals surface area contributed by atoms with Gasteiger partial charge in [-0.15, -0.1) is 0 Å². The second kappa shape index (κ2) is 19.1. The predicted molar refractivity (Wildman–Crippen MR) is 353 cm³/mol. The Morgan fingerprint density at radius 1 is 0.200 bits per heavy atom. The Morgan fingerprint density at radius 2 is 0.494 bits per heavy atom. The van der Waals surface area contributed by atoms with Crippen LogP contribution >= 0.6 is 0 Å². The van der Waals surface area contributed by atoms with Gasteiger partial charge in [-0.05, 0) is 133 Å². The van der Waals surface area contributed by atoms with Crippen molar-refractivity contribution < 1.29 is 0 Å². The van der Waals surface area contributed by atoms with Gasteiger partial charge in [0.1, 0.15) is 0 Å². The molecule has 7 heterocycles. The zero-order valence-corrected chi connectivity index (χ0v) is 46.7. The van der Waals surface area contributed by atoms with Gasteiger partial charge >= 0.3 is 0 Å². The van der Waals surface area contributed by atoms with Crippen LogP contribution in [-0.4, -0.2) is 41.6 Å². The normalized spacial score (nSPS) is 11.9. The number of rotatable bonds is 5. The Morgan fingerprint density at radius 3 is 0.894 bits per heavy atom. The Kier molecular flexibility index (Phi) is 10.8. The largest absolute Gasteiger partial charge is 0.309 e. The molecule has 0 aliphatic carbocycles. The summed E-state index contributed by atoms with van der Waals surface area (Å²) < 4.78 is 16.3. The van der Waals surface area contributed by atoms with Crippen LogP contribution in [-0.2, 0) is 0 Å². The number of para-hydroxylation sites is 11. The van der Waals surface area contributed by atoms with Crippen molar-refractivity contribution >= 4 is 121 Å². The third kappa shape index (κ3) is 7.17. The molecule has 85 heavy (non-hydrogen) atoms. The number of fused-ring (bicyclic) bond motifs is 19. The summed E-state index contributed by atoms with van der Waals surface area (Å²) in [6.45, 7) is 4.00. The van der Waals surface area contributed by atoms with Crippen LogP contribution in [0.5, 0.6) is 0 Å². The number of aromatic nitrogens is 9. The maximum Gasteiger partial charge on any atom is 0.220 e. The third-order valence-corrected chi connectivity index (χ3v) is 17.0.